The van der Waals surface area contributed by atoms with Crippen molar-refractivity contribution < 1.29 is 14.3 Å². The SMILES string of the molecule is O=C1N=C(c2cc(-c3ccc(OC4CC4)c(Cl)c3)ncn2)CO1. The predicted octanol–water partition coefficient (Wildman–Crippen LogP) is 3.28. The van der Waals surface area contributed by atoms with Crippen LogP contribution in [0, 0.1) is 0 Å². The first-order valence-corrected chi connectivity index (χ1v) is 7.60. The van der Waals surface area contributed by atoms with Gasteiger partial charge in [0.25, 0.3) is 0 Å². The zero-order chi connectivity index (χ0) is 15.8. The van der Waals surface area contributed by atoms with Gasteiger partial charge in [-0.2, -0.15) is 4.99 Å². The lowest BCUT2D eigenvalue weighted by Crippen LogP contribution is -2.06. The molecule has 23 heavy (non-hydrogen) atoms. The van der Waals surface area contributed by atoms with Gasteiger partial charge in [0.2, 0.25) is 0 Å². The highest BCUT2D eigenvalue weighted by Crippen LogP contribution is 2.34. The maximum atomic E-state index is 11.1. The molecule has 0 unspecified atom stereocenters. The number of halogens is 1. The molecule has 4 rings (SSSR count). The number of aliphatic imine (C=N–C) groups is 1. The van der Waals surface area contributed by atoms with Crippen LogP contribution < -0.4 is 4.74 Å². The predicted molar refractivity (Wildman–Crippen MR) is 84.0 cm³/mol. The van der Waals surface area contributed by atoms with Crippen LogP contribution >= 0.6 is 11.6 Å². The number of amides is 1. The maximum Gasteiger partial charge on any atom is 0.434 e. The van der Waals surface area contributed by atoms with Gasteiger partial charge in [-0.25, -0.2) is 14.8 Å². The summed E-state index contributed by atoms with van der Waals surface area (Å²) in [5.41, 5.74) is 2.60. The Bertz CT molecular complexity index is 818. The largest absolute Gasteiger partial charge is 0.489 e. The highest BCUT2D eigenvalue weighted by Gasteiger charge is 2.24. The summed E-state index contributed by atoms with van der Waals surface area (Å²) in [6, 6.07) is 7.31. The number of hydrogen-bond acceptors (Lipinski definition) is 5. The fraction of sp³-hybridized carbons (Fsp3) is 0.250. The molecule has 1 fully saturated rings. The van der Waals surface area contributed by atoms with E-state index in [4.69, 9.17) is 21.1 Å². The Morgan fingerprint density at radius 3 is 2.70 bits per heavy atom. The van der Waals surface area contributed by atoms with Crippen molar-refractivity contribution in [2.45, 2.75) is 18.9 Å². The summed E-state index contributed by atoms with van der Waals surface area (Å²) < 4.78 is 10.5. The van der Waals surface area contributed by atoms with Gasteiger partial charge in [0.15, 0.2) is 0 Å². The molecule has 0 spiro atoms. The van der Waals surface area contributed by atoms with Crippen molar-refractivity contribution in [2.24, 2.45) is 4.99 Å². The number of benzene rings is 1. The number of ether oxygens (including phenoxy) is 2. The minimum atomic E-state index is -0.593. The van der Waals surface area contributed by atoms with Gasteiger partial charge in [-0.1, -0.05) is 11.6 Å². The molecule has 1 aromatic heterocycles. The van der Waals surface area contributed by atoms with Crippen LogP contribution in [0.1, 0.15) is 18.5 Å². The van der Waals surface area contributed by atoms with Crippen LogP contribution in [0.25, 0.3) is 11.3 Å². The molecule has 2 aliphatic rings. The van der Waals surface area contributed by atoms with Gasteiger partial charge < -0.3 is 9.47 Å². The van der Waals surface area contributed by atoms with Crippen LogP contribution in [0.3, 0.4) is 0 Å². The summed E-state index contributed by atoms with van der Waals surface area (Å²) in [5.74, 6) is 0.686. The van der Waals surface area contributed by atoms with E-state index in [0.717, 1.165) is 18.4 Å². The average Bonchev–Trinajstić information content (AvgIpc) is 3.28. The van der Waals surface area contributed by atoms with Crippen LogP contribution in [-0.2, 0) is 4.74 Å². The van der Waals surface area contributed by atoms with E-state index in [1.807, 2.05) is 18.2 Å². The van der Waals surface area contributed by atoms with Crippen molar-refractivity contribution in [1.29, 1.82) is 0 Å². The Hall–Kier alpha value is -2.47. The van der Waals surface area contributed by atoms with E-state index in [0.29, 0.717) is 34.0 Å². The Labute approximate surface area is 137 Å². The molecule has 116 valence electrons. The third-order valence-electron chi connectivity index (χ3n) is 3.57. The van der Waals surface area contributed by atoms with Gasteiger partial charge in [-0.3, -0.25) is 0 Å². The molecule has 2 aromatic rings. The van der Waals surface area contributed by atoms with Crippen LogP contribution in [0.4, 0.5) is 4.79 Å². The second-order valence-electron chi connectivity index (χ2n) is 5.36. The topological polar surface area (TPSA) is 73.7 Å². The van der Waals surface area contributed by atoms with Crippen LogP contribution in [0.5, 0.6) is 5.75 Å². The summed E-state index contributed by atoms with van der Waals surface area (Å²) in [5, 5.41) is 0.547. The zero-order valence-electron chi connectivity index (χ0n) is 12.0. The first-order chi connectivity index (χ1) is 11.2. The number of aromatic nitrogens is 2. The quantitative estimate of drug-likeness (QED) is 0.860. The lowest BCUT2D eigenvalue weighted by atomic mass is 10.1. The van der Waals surface area contributed by atoms with Gasteiger partial charge in [-0.15, -0.1) is 0 Å². The number of carbonyl (C=O) groups is 1. The highest BCUT2D eigenvalue weighted by molar-refractivity contribution is 6.32. The Morgan fingerprint density at radius 2 is 2.00 bits per heavy atom. The Morgan fingerprint density at radius 1 is 1.17 bits per heavy atom. The van der Waals surface area contributed by atoms with E-state index < -0.39 is 6.09 Å². The summed E-state index contributed by atoms with van der Waals surface area (Å²) in [7, 11) is 0. The van der Waals surface area contributed by atoms with Crippen LogP contribution in [0.15, 0.2) is 35.6 Å². The number of rotatable bonds is 4. The monoisotopic (exact) mass is 329 g/mol. The molecule has 1 amide bonds. The molecule has 1 aliphatic carbocycles. The second kappa shape index (κ2) is 5.62. The minimum Gasteiger partial charge on any atom is -0.489 e. The molecule has 0 bridgehead atoms. The van der Waals surface area contributed by atoms with Gasteiger partial charge in [-0.05, 0) is 37.1 Å². The molecule has 2 heterocycles. The Balaban J connectivity index is 1.63. The highest BCUT2D eigenvalue weighted by atomic mass is 35.5. The van der Waals surface area contributed by atoms with Gasteiger partial charge >= 0.3 is 6.09 Å². The smallest absolute Gasteiger partial charge is 0.434 e. The molecule has 7 heteroatoms. The third-order valence-corrected chi connectivity index (χ3v) is 3.86. The summed E-state index contributed by atoms with van der Waals surface area (Å²) in [6.07, 6.45) is 3.29. The van der Waals surface area contributed by atoms with Crippen molar-refractivity contribution in [3.05, 3.63) is 41.3 Å². The fourth-order valence-corrected chi connectivity index (χ4v) is 2.46. The van der Waals surface area contributed by atoms with E-state index >= 15 is 0 Å². The molecular weight excluding hydrogens is 318 g/mol. The molecule has 6 nitrogen and oxygen atoms in total. The first-order valence-electron chi connectivity index (χ1n) is 7.22. The van der Waals surface area contributed by atoms with Gasteiger partial charge in [0.05, 0.1) is 22.5 Å². The minimum absolute atomic E-state index is 0.129. The average molecular weight is 330 g/mol. The molecule has 1 aliphatic heterocycles. The number of nitrogens with zero attached hydrogens (tertiary/aromatic N) is 3. The number of cyclic esters (lactones) is 1. The third kappa shape index (κ3) is 3.03. The van der Waals surface area contributed by atoms with Crippen molar-refractivity contribution in [3.63, 3.8) is 0 Å². The molecule has 0 saturated heterocycles. The van der Waals surface area contributed by atoms with Crippen molar-refractivity contribution in [2.75, 3.05) is 6.61 Å². The normalized spacial score (nSPS) is 16.9. The van der Waals surface area contributed by atoms with E-state index in [1.165, 1.54) is 6.33 Å². The van der Waals surface area contributed by atoms with Crippen molar-refractivity contribution >= 4 is 23.4 Å². The van der Waals surface area contributed by atoms with Gasteiger partial charge in [0.1, 0.15) is 24.4 Å². The number of carbonyl (C=O) groups excluding carboxylic acids is 1. The van der Waals surface area contributed by atoms with E-state index in [9.17, 15) is 4.79 Å². The summed E-state index contributed by atoms with van der Waals surface area (Å²) in [4.78, 5) is 23.2. The first kappa shape index (κ1) is 14.1. The molecule has 0 atom stereocenters. The van der Waals surface area contributed by atoms with E-state index in [2.05, 4.69) is 15.0 Å². The van der Waals surface area contributed by atoms with Crippen LogP contribution in [0.2, 0.25) is 5.02 Å². The Kier molecular flexibility index (Phi) is 3.46. The number of hydrogen-bond donors (Lipinski definition) is 0. The molecule has 1 saturated carbocycles. The molecular formula is C16H12ClN3O3. The van der Waals surface area contributed by atoms with Crippen molar-refractivity contribution in [1.82, 2.24) is 9.97 Å². The standard InChI is InChI=1S/C16H12ClN3O3/c17-11-5-9(1-4-15(11)23-10-2-3-10)12-6-13(19-8-18-12)14-7-22-16(21)20-14/h1,4-6,8,10H,2-3,7H2. The van der Waals surface area contributed by atoms with Crippen LogP contribution in [-0.4, -0.2) is 34.5 Å². The van der Waals surface area contributed by atoms with E-state index in [-0.39, 0.29) is 6.61 Å². The maximum absolute atomic E-state index is 11.1. The van der Waals surface area contributed by atoms with E-state index in [1.54, 1.807) is 6.07 Å². The lowest BCUT2D eigenvalue weighted by Gasteiger charge is -2.09. The second-order valence-corrected chi connectivity index (χ2v) is 5.77. The molecule has 0 radical (unpaired) electrons. The molecule has 1 aromatic carbocycles. The lowest BCUT2D eigenvalue weighted by molar-refractivity contribution is 0.181. The summed E-state index contributed by atoms with van der Waals surface area (Å²) >= 11 is 6.28. The van der Waals surface area contributed by atoms with Gasteiger partial charge in [0, 0.05) is 5.56 Å². The summed E-state index contributed by atoms with van der Waals surface area (Å²) in [6.45, 7) is 0.129. The van der Waals surface area contributed by atoms with Crippen molar-refractivity contribution in [3.8, 4) is 17.0 Å². The fourth-order valence-electron chi connectivity index (χ4n) is 2.23. The molecule has 0 N–H and O–H groups in total. The zero-order valence-corrected chi connectivity index (χ0v) is 12.8.